The SMILES string of the molecule is CCC[C@H](NC(=O)CNC(=O)Cc1cc(COC=O)on1)C(=O)NCC(=O)N[C@@H](CC(C)C)C(=O)C1(C)CO1. The highest BCUT2D eigenvalue weighted by Gasteiger charge is 2.50. The zero-order valence-electron chi connectivity index (χ0n) is 22.7. The minimum absolute atomic E-state index is 0.117. The van der Waals surface area contributed by atoms with Gasteiger partial charge in [0.1, 0.15) is 11.6 Å². The molecule has 1 fully saturated rings. The first-order chi connectivity index (χ1) is 18.5. The zero-order valence-corrected chi connectivity index (χ0v) is 22.7. The minimum Gasteiger partial charge on any atom is -0.460 e. The van der Waals surface area contributed by atoms with Crippen LogP contribution in [0.15, 0.2) is 10.6 Å². The summed E-state index contributed by atoms with van der Waals surface area (Å²) in [5.74, 6) is -2.00. The largest absolute Gasteiger partial charge is 0.460 e. The van der Waals surface area contributed by atoms with Crippen molar-refractivity contribution in [1.82, 2.24) is 26.4 Å². The summed E-state index contributed by atoms with van der Waals surface area (Å²) in [7, 11) is 0. The molecule has 14 nitrogen and oxygen atoms in total. The first-order valence-corrected chi connectivity index (χ1v) is 12.8. The molecule has 1 unspecified atom stereocenters. The van der Waals surface area contributed by atoms with Gasteiger partial charge >= 0.3 is 0 Å². The van der Waals surface area contributed by atoms with Gasteiger partial charge in [-0.05, 0) is 25.7 Å². The van der Waals surface area contributed by atoms with Gasteiger partial charge in [-0.3, -0.25) is 28.8 Å². The fraction of sp³-hybridized carbons (Fsp3) is 0.640. The number of Topliss-reactive ketones (excluding diaryl/α,β-unsaturated/α-hetero) is 1. The number of nitrogens with zero attached hydrogens (tertiary/aromatic N) is 1. The Balaban J connectivity index is 1.79. The smallest absolute Gasteiger partial charge is 0.293 e. The summed E-state index contributed by atoms with van der Waals surface area (Å²) in [5, 5.41) is 13.8. The molecule has 14 heteroatoms. The van der Waals surface area contributed by atoms with Gasteiger partial charge in [-0.25, -0.2) is 0 Å². The van der Waals surface area contributed by atoms with E-state index in [1.807, 2.05) is 20.8 Å². The van der Waals surface area contributed by atoms with Gasteiger partial charge in [0.25, 0.3) is 6.47 Å². The number of amides is 4. The summed E-state index contributed by atoms with van der Waals surface area (Å²) in [6.45, 7) is 7.06. The van der Waals surface area contributed by atoms with E-state index >= 15 is 0 Å². The highest BCUT2D eigenvalue weighted by molar-refractivity contribution is 5.97. The Morgan fingerprint density at radius 1 is 1.08 bits per heavy atom. The number of nitrogens with one attached hydrogen (secondary N) is 4. The summed E-state index contributed by atoms with van der Waals surface area (Å²) in [6.07, 6.45) is 1.15. The molecule has 216 valence electrons. The summed E-state index contributed by atoms with van der Waals surface area (Å²) in [4.78, 5) is 72.5. The first kappa shape index (κ1) is 31.4. The van der Waals surface area contributed by atoms with Crippen LogP contribution in [-0.4, -0.2) is 78.4 Å². The third-order valence-electron chi connectivity index (χ3n) is 5.80. The molecule has 0 bridgehead atoms. The molecule has 4 amide bonds. The number of aromatic nitrogens is 1. The van der Waals surface area contributed by atoms with Gasteiger partial charge in [-0.2, -0.15) is 0 Å². The Hall–Kier alpha value is -3.81. The third-order valence-corrected chi connectivity index (χ3v) is 5.80. The predicted octanol–water partition coefficient (Wildman–Crippen LogP) is -0.704. The van der Waals surface area contributed by atoms with Crippen molar-refractivity contribution in [2.45, 2.75) is 77.7 Å². The van der Waals surface area contributed by atoms with Crippen LogP contribution >= 0.6 is 0 Å². The number of ketones is 1. The Kier molecular flexibility index (Phi) is 12.0. The molecule has 1 aromatic heterocycles. The molecule has 0 saturated carbocycles. The maximum Gasteiger partial charge on any atom is 0.293 e. The second kappa shape index (κ2) is 15.0. The second-order valence-electron chi connectivity index (χ2n) is 9.91. The normalized spacial score (nSPS) is 17.5. The lowest BCUT2D eigenvalue weighted by molar-refractivity contribution is -0.132. The van der Waals surface area contributed by atoms with Crippen LogP contribution in [0.5, 0.6) is 0 Å². The minimum atomic E-state index is -0.921. The fourth-order valence-electron chi connectivity index (χ4n) is 3.69. The van der Waals surface area contributed by atoms with Crippen LogP contribution in [0.2, 0.25) is 0 Å². The lowest BCUT2D eigenvalue weighted by Gasteiger charge is -2.22. The molecule has 4 N–H and O–H groups in total. The van der Waals surface area contributed by atoms with E-state index in [4.69, 9.17) is 9.26 Å². The molecular formula is C25H37N5O9. The first-order valence-electron chi connectivity index (χ1n) is 12.8. The van der Waals surface area contributed by atoms with Crippen LogP contribution in [0.1, 0.15) is 58.4 Å². The molecule has 0 radical (unpaired) electrons. The van der Waals surface area contributed by atoms with E-state index in [2.05, 4.69) is 31.2 Å². The van der Waals surface area contributed by atoms with E-state index < -0.39 is 41.3 Å². The van der Waals surface area contributed by atoms with E-state index in [-0.39, 0.29) is 55.7 Å². The van der Waals surface area contributed by atoms with Crippen molar-refractivity contribution >= 4 is 35.9 Å². The molecule has 2 rings (SSSR count). The van der Waals surface area contributed by atoms with E-state index in [0.717, 1.165) is 0 Å². The fourth-order valence-corrected chi connectivity index (χ4v) is 3.69. The second-order valence-corrected chi connectivity index (χ2v) is 9.91. The molecule has 0 spiro atoms. The molecule has 3 atom stereocenters. The lowest BCUT2D eigenvalue weighted by Crippen LogP contribution is -2.53. The molecule has 0 aromatic carbocycles. The van der Waals surface area contributed by atoms with Crippen molar-refractivity contribution < 1.29 is 42.8 Å². The predicted molar refractivity (Wildman–Crippen MR) is 135 cm³/mol. The summed E-state index contributed by atoms with van der Waals surface area (Å²) >= 11 is 0. The van der Waals surface area contributed by atoms with Gasteiger partial charge in [-0.15, -0.1) is 0 Å². The van der Waals surface area contributed by atoms with Crippen LogP contribution in [-0.2, 0) is 51.3 Å². The van der Waals surface area contributed by atoms with Gasteiger partial charge in [0, 0.05) is 6.07 Å². The average Bonchev–Trinajstić information content (AvgIpc) is 3.48. The van der Waals surface area contributed by atoms with Crippen molar-refractivity contribution in [2.75, 3.05) is 19.7 Å². The van der Waals surface area contributed by atoms with E-state index in [9.17, 15) is 28.8 Å². The van der Waals surface area contributed by atoms with E-state index in [0.29, 0.717) is 25.9 Å². The van der Waals surface area contributed by atoms with Gasteiger partial charge in [-0.1, -0.05) is 32.3 Å². The average molecular weight is 552 g/mol. The van der Waals surface area contributed by atoms with Gasteiger partial charge in [0.15, 0.2) is 18.2 Å². The molecule has 1 aliphatic heterocycles. The summed E-state index contributed by atoms with van der Waals surface area (Å²) in [6, 6.07) is -0.206. The molecule has 1 aliphatic rings. The van der Waals surface area contributed by atoms with Crippen molar-refractivity contribution in [3.63, 3.8) is 0 Å². The number of hydrogen-bond donors (Lipinski definition) is 4. The number of rotatable bonds is 18. The van der Waals surface area contributed by atoms with E-state index in [1.165, 1.54) is 6.07 Å². The zero-order chi connectivity index (χ0) is 29.0. The highest BCUT2D eigenvalue weighted by atomic mass is 16.6. The molecule has 2 heterocycles. The quantitative estimate of drug-likeness (QED) is 0.134. The molecular weight excluding hydrogens is 514 g/mol. The van der Waals surface area contributed by atoms with Crippen LogP contribution in [0.25, 0.3) is 0 Å². The number of hydrogen-bond acceptors (Lipinski definition) is 10. The Morgan fingerprint density at radius 2 is 1.72 bits per heavy atom. The van der Waals surface area contributed by atoms with E-state index in [1.54, 1.807) is 6.92 Å². The number of carbonyl (C=O) groups excluding carboxylic acids is 6. The van der Waals surface area contributed by atoms with Crippen LogP contribution < -0.4 is 21.3 Å². The Labute approximate surface area is 226 Å². The topological polar surface area (TPSA) is 198 Å². The lowest BCUT2D eigenvalue weighted by atomic mass is 9.93. The third kappa shape index (κ3) is 10.8. The Bertz CT molecular complexity index is 1030. The van der Waals surface area contributed by atoms with Crippen molar-refractivity contribution in [3.8, 4) is 0 Å². The number of epoxide rings is 1. The van der Waals surface area contributed by atoms with Gasteiger partial charge in [0.05, 0.1) is 37.9 Å². The molecule has 1 saturated heterocycles. The van der Waals surface area contributed by atoms with Gasteiger partial charge < -0.3 is 35.3 Å². The summed E-state index contributed by atoms with van der Waals surface area (Å²) in [5.41, 5.74) is -0.596. The van der Waals surface area contributed by atoms with Crippen molar-refractivity contribution in [3.05, 3.63) is 17.5 Å². The standard InChI is InChI=1S/C25H37N5O9/c1-5-6-18(28-21(33)10-26-20(32)9-16-8-17(39-30-16)12-37-14-31)24(36)27-11-22(34)29-19(7-15(2)3)23(35)25(4)13-38-25/h8,14-15,18-19H,5-7,9-13H2,1-4H3,(H,26,32)(H,27,36)(H,28,33)(H,29,34)/t18-,19-,25?/m0/s1. The Morgan fingerprint density at radius 3 is 2.31 bits per heavy atom. The van der Waals surface area contributed by atoms with Gasteiger partial charge in [0.2, 0.25) is 23.6 Å². The van der Waals surface area contributed by atoms with Crippen molar-refractivity contribution in [1.29, 1.82) is 0 Å². The molecule has 1 aromatic rings. The number of ether oxygens (including phenoxy) is 2. The molecule has 0 aliphatic carbocycles. The van der Waals surface area contributed by atoms with Crippen LogP contribution in [0.3, 0.4) is 0 Å². The monoisotopic (exact) mass is 551 g/mol. The van der Waals surface area contributed by atoms with Crippen LogP contribution in [0.4, 0.5) is 0 Å². The van der Waals surface area contributed by atoms with Crippen molar-refractivity contribution in [2.24, 2.45) is 5.92 Å². The maximum atomic E-state index is 12.7. The maximum absolute atomic E-state index is 12.7. The van der Waals surface area contributed by atoms with Crippen LogP contribution in [0, 0.1) is 5.92 Å². The molecule has 39 heavy (non-hydrogen) atoms. The highest BCUT2D eigenvalue weighted by Crippen LogP contribution is 2.29. The number of carbonyl (C=O) groups is 6. The summed E-state index contributed by atoms with van der Waals surface area (Å²) < 4.78 is 14.7.